The molecule has 5 rings (SSSR count). The lowest BCUT2D eigenvalue weighted by Crippen LogP contribution is -2.49. The van der Waals surface area contributed by atoms with Crippen molar-refractivity contribution in [1.82, 2.24) is 14.7 Å². The van der Waals surface area contributed by atoms with E-state index in [4.69, 9.17) is 9.84 Å². The Morgan fingerprint density at radius 3 is 2.44 bits per heavy atom. The number of imide groups is 1. The molecule has 2 heterocycles. The van der Waals surface area contributed by atoms with E-state index in [1.807, 2.05) is 61.7 Å². The number of hydrogen-bond donors (Lipinski definition) is 0. The first-order valence-corrected chi connectivity index (χ1v) is 14.4. The molecular weight excluding hydrogens is 512 g/mol. The van der Waals surface area contributed by atoms with Gasteiger partial charge >= 0.3 is 0 Å². The molecule has 7 nitrogen and oxygen atoms in total. The van der Waals surface area contributed by atoms with Crippen molar-refractivity contribution in [3.05, 3.63) is 82.6 Å². The number of nitriles is 1. The Bertz CT molecular complexity index is 1570. The second-order valence-electron chi connectivity index (χ2n) is 11.3. The number of ether oxygens (including phenoxy) is 1. The van der Waals surface area contributed by atoms with Crippen molar-refractivity contribution < 1.29 is 14.3 Å². The number of carbonyl (C=O) groups is 2. The Hall–Kier alpha value is -4.44. The molecule has 0 saturated heterocycles. The van der Waals surface area contributed by atoms with Gasteiger partial charge in [-0.15, -0.1) is 0 Å². The zero-order valence-electron chi connectivity index (χ0n) is 24.2. The number of carbonyl (C=O) groups excluding carboxylic acids is 2. The molecule has 2 aromatic carbocycles. The Morgan fingerprint density at radius 2 is 1.78 bits per heavy atom. The van der Waals surface area contributed by atoms with Crippen LogP contribution in [0.25, 0.3) is 23.0 Å². The summed E-state index contributed by atoms with van der Waals surface area (Å²) in [6.07, 6.45) is 8.26. The SMILES string of the molecule is CC1=C(C#N)C(=O)N(C2CCCCC2)C(=O)/C1=C/c1cn(-c2ccccc2)nc1-c1ccc(OCC(C)C)cc1C. The average molecular weight is 549 g/mol. The largest absolute Gasteiger partial charge is 0.493 e. The molecule has 2 aliphatic rings. The molecule has 41 heavy (non-hydrogen) atoms. The van der Waals surface area contributed by atoms with E-state index in [2.05, 4.69) is 19.9 Å². The third-order valence-electron chi connectivity index (χ3n) is 7.81. The summed E-state index contributed by atoms with van der Waals surface area (Å²) in [6, 6.07) is 17.6. The Labute approximate surface area is 241 Å². The second kappa shape index (κ2) is 12.0. The van der Waals surface area contributed by atoms with Crippen molar-refractivity contribution in [1.29, 1.82) is 5.26 Å². The second-order valence-corrected chi connectivity index (χ2v) is 11.3. The maximum absolute atomic E-state index is 13.9. The molecule has 1 saturated carbocycles. The highest BCUT2D eigenvalue weighted by Gasteiger charge is 2.40. The van der Waals surface area contributed by atoms with E-state index in [-0.39, 0.29) is 17.5 Å². The van der Waals surface area contributed by atoms with E-state index >= 15 is 0 Å². The van der Waals surface area contributed by atoms with Gasteiger partial charge in [-0.05, 0) is 80.2 Å². The van der Waals surface area contributed by atoms with Crippen LogP contribution in [0, 0.1) is 24.2 Å². The van der Waals surface area contributed by atoms with Gasteiger partial charge in [0.25, 0.3) is 11.8 Å². The molecule has 1 aliphatic heterocycles. The summed E-state index contributed by atoms with van der Waals surface area (Å²) in [7, 11) is 0. The van der Waals surface area contributed by atoms with Crippen molar-refractivity contribution in [3.8, 4) is 28.8 Å². The van der Waals surface area contributed by atoms with Crippen LogP contribution in [0.4, 0.5) is 0 Å². The van der Waals surface area contributed by atoms with Gasteiger partial charge in [0.15, 0.2) is 0 Å². The number of para-hydroxylation sites is 1. The highest BCUT2D eigenvalue weighted by atomic mass is 16.5. The van der Waals surface area contributed by atoms with Crippen LogP contribution < -0.4 is 4.74 Å². The van der Waals surface area contributed by atoms with Crippen LogP contribution in [0.1, 0.15) is 64.0 Å². The van der Waals surface area contributed by atoms with Gasteiger partial charge in [0.1, 0.15) is 23.1 Å². The third kappa shape index (κ3) is 5.74. The fourth-order valence-electron chi connectivity index (χ4n) is 5.60. The van der Waals surface area contributed by atoms with Gasteiger partial charge in [0.05, 0.1) is 12.3 Å². The van der Waals surface area contributed by atoms with E-state index < -0.39 is 5.91 Å². The zero-order chi connectivity index (χ0) is 29.1. The van der Waals surface area contributed by atoms with Gasteiger partial charge in [-0.3, -0.25) is 14.5 Å². The van der Waals surface area contributed by atoms with Gasteiger partial charge in [-0.1, -0.05) is 51.3 Å². The number of aromatic nitrogens is 2. The summed E-state index contributed by atoms with van der Waals surface area (Å²) in [5, 5.41) is 14.9. The highest BCUT2D eigenvalue weighted by molar-refractivity contribution is 6.20. The van der Waals surface area contributed by atoms with Crippen molar-refractivity contribution in [2.75, 3.05) is 6.61 Å². The molecule has 3 aromatic rings. The first-order chi connectivity index (χ1) is 19.8. The predicted octanol–water partition coefficient (Wildman–Crippen LogP) is 6.81. The molecule has 2 amide bonds. The van der Waals surface area contributed by atoms with Crippen LogP contribution in [0.5, 0.6) is 5.75 Å². The van der Waals surface area contributed by atoms with E-state index in [9.17, 15) is 14.9 Å². The molecule has 0 N–H and O–H groups in total. The van der Waals surface area contributed by atoms with E-state index in [0.29, 0.717) is 29.4 Å². The molecule has 1 fully saturated rings. The molecule has 0 atom stereocenters. The first kappa shape index (κ1) is 28.1. The van der Waals surface area contributed by atoms with Crippen LogP contribution in [0.2, 0.25) is 0 Å². The van der Waals surface area contributed by atoms with Crippen LogP contribution in [0.3, 0.4) is 0 Å². The number of aryl methyl sites for hydroxylation is 1. The summed E-state index contributed by atoms with van der Waals surface area (Å²) >= 11 is 0. The standard InChI is InChI=1S/C34H36N4O3/c1-22(2)21-41-28-15-16-29(23(3)17-28)32-25(20-37(36-32)26-11-7-5-8-12-26)18-30-24(4)31(19-35)34(40)38(33(30)39)27-13-9-6-10-14-27/h5,7-8,11-12,15-18,20,22,27H,6,9-10,13-14,21H2,1-4H3/b30-18+. The lowest BCUT2D eigenvalue weighted by Gasteiger charge is -2.36. The normalized spacial score (nSPS) is 17.5. The molecule has 0 unspecified atom stereocenters. The van der Waals surface area contributed by atoms with Gasteiger partial charge in [0, 0.05) is 28.9 Å². The van der Waals surface area contributed by atoms with Crippen molar-refractivity contribution in [2.24, 2.45) is 5.92 Å². The molecule has 7 heteroatoms. The predicted molar refractivity (Wildman–Crippen MR) is 159 cm³/mol. The molecule has 0 spiro atoms. The van der Waals surface area contributed by atoms with Crippen molar-refractivity contribution >= 4 is 17.9 Å². The molecular formula is C34H36N4O3. The Balaban J connectivity index is 1.63. The molecule has 210 valence electrons. The number of benzene rings is 2. The Kier molecular flexibility index (Phi) is 8.21. The van der Waals surface area contributed by atoms with E-state index in [1.165, 1.54) is 4.90 Å². The van der Waals surface area contributed by atoms with Crippen LogP contribution in [-0.4, -0.2) is 39.1 Å². The highest BCUT2D eigenvalue weighted by Crippen LogP contribution is 2.35. The van der Waals surface area contributed by atoms with Gasteiger partial charge in [-0.25, -0.2) is 4.68 Å². The fraction of sp³-hybridized carbons (Fsp3) is 0.353. The topological polar surface area (TPSA) is 88.2 Å². The van der Waals surface area contributed by atoms with Gasteiger partial charge in [-0.2, -0.15) is 10.4 Å². The average Bonchev–Trinajstić information content (AvgIpc) is 3.39. The summed E-state index contributed by atoms with van der Waals surface area (Å²) in [5.41, 5.74) is 5.00. The maximum atomic E-state index is 13.9. The third-order valence-corrected chi connectivity index (χ3v) is 7.81. The van der Waals surface area contributed by atoms with Crippen molar-refractivity contribution in [3.63, 3.8) is 0 Å². The lowest BCUT2D eigenvalue weighted by molar-refractivity contribution is -0.143. The smallest absolute Gasteiger partial charge is 0.271 e. The Morgan fingerprint density at radius 1 is 1.05 bits per heavy atom. The minimum Gasteiger partial charge on any atom is -0.493 e. The minimum absolute atomic E-state index is 0.0289. The zero-order valence-corrected chi connectivity index (χ0v) is 24.2. The number of amides is 2. The summed E-state index contributed by atoms with van der Waals surface area (Å²) in [4.78, 5) is 28.6. The van der Waals surface area contributed by atoms with Crippen LogP contribution in [0.15, 0.2) is 71.4 Å². The maximum Gasteiger partial charge on any atom is 0.271 e. The van der Waals surface area contributed by atoms with Gasteiger partial charge in [0.2, 0.25) is 0 Å². The van der Waals surface area contributed by atoms with Crippen LogP contribution in [-0.2, 0) is 9.59 Å². The van der Waals surface area contributed by atoms with Crippen LogP contribution >= 0.6 is 0 Å². The number of nitrogens with zero attached hydrogens (tertiary/aromatic N) is 4. The fourth-order valence-corrected chi connectivity index (χ4v) is 5.60. The lowest BCUT2D eigenvalue weighted by atomic mass is 9.88. The summed E-state index contributed by atoms with van der Waals surface area (Å²) < 4.78 is 7.74. The summed E-state index contributed by atoms with van der Waals surface area (Å²) in [5.74, 6) is 0.388. The molecule has 1 aliphatic carbocycles. The van der Waals surface area contributed by atoms with E-state index in [0.717, 1.165) is 60.2 Å². The minimum atomic E-state index is -0.480. The molecule has 0 radical (unpaired) electrons. The monoisotopic (exact) mass is 548 g/mol. The number of rotatable bonds is 7. The quantitative estimate of drug-likeness (QED) is 0.239. The van der Waals surface area contributed by atoms with Gasteiger partial charge < -0.3 is 4.74 Å². The molecule has 0 bridgehead atoms. The first-order valence-electron chi connectivity index (χ1n) is 14.4. The molecule has 1 aromatic heterocycles. The van der Waals surface area contributed by atoms with E-state index in [1.54, 1.807) is 17.7 Å². The van der Waals surface area contributed by atoms with Crippen molar-refractivity contribution in [2.45, 2.75) is 65.8 Å². The number of hydrogen-bond acceptors (Lipinski definition) is 5. The summed E-state index contributed by atoms with van der Waals surface area (Å²) in [6.45, 7) is 8.56.